The molecule has 0 fully saturated rings. The molecule has 0 amide bonds. The van der Waals surface area contributed by atoms with Crippen LogP contribution in [0.1, 0.15) is 11.6 Å². The fourth-order valence-corrected chi connectivity index (χ4v) is 1.12. The van der Waals surface area contributed by atoms with Gasteiger partial charge in [-0.25, -0.2) is 9.97 Å². The van der Waals surface area contributed by atoms with Crippen molar-refractivity contribution in [3.05, 3.63) is 36.0 Å². The smallest absolute Gasteiger partial charge is 0.232 e. The van der Waals surface area contributed by atoms with Crippen molar-refractivity contribution < 1.29 is 4.42 Å². The van der Waals surface area contributed by atoms with Crippen LogP contribution in [0.4, 0.5) is 0 Å². The van der Waals surface area contributed by atoms with Gasteiger partial charge in [-0.1, -0.05) is 0 Å². The Labute approximate surface area is 80.8 Å². The maximum Gasteiger partial charge on any atom is 0.232 e. The lowest BCUT2D eigenvalue weighted by molar-refractivity contribution is 0.546. The molecule has 68 valence electrons. The number of aromatic nitrogens is 2. The standard InChI is InChI=1S/C10H7N3O/c1-7-2-3-9(14-7)8-4-5-12-10(6-11)13-8/h2-5H,1H3. The van der Waals surface area contributed by atoms with E-state index in [0.717, 1.165) is 5.76 Å². The first kappa shape index (κ1) is 8.45. The van der Waals surface area contributed by atoms with E-state index in [9.17, 15) is 0 Å². The zero-order valence-electron chi connectivity index (χ0n) is 7.56. The second kappa shape index (κ2) is 3.30. The van der Waals surface area contributed by atoms with Crippen LogP contribution >= 0.6 is 0 Å². The lowest BCUT2D eigenvalue weighted by Gasteiger charge is -1.94. The Bertz CT molecular complexity index is 496. The lowest BCUT2D eigenvalue weighted by atomic mass is 10.3. The van der Waals surface area contributed by atoms with Crippen LogP contribution in [0, 0.1) is 18.3 Å². The molecule has 4 heteroatoms. The molecule has 0 atom stereocenters. The topological polar surface area (TPSA) is 62.7 Å². The molecule has 2 rings (SSSR count). The predicted octanol–water partition coefficient (Wildman–Crippen LogP) is 1.92. The molecule has 0 aliphatic heterocycles. The van der Waals surface area contributed by atoms with E-state index in [1.807, 2.05) is 25.1 Å². The van der Waals surface area contributed by atoms with Gasteiger partial charge >= 0.3 is 0 Å². The van der Waals surface area contributed by atoms with E-state index in [1.165, 1.54) is 0 Å². The van der Waals surface area contributed by atoms with Crippen molar-refractivity contribution in [3.8, 4) is 17.5 Å². The van der Waals surface area contributed by atoms with Gasteiger partial charge in [-0.3, -0.25) is 0 Å². The van der Waals surface area contributed by atoms with E-state index < -0.39 is 0 Å². The summed E-state index contributed by atoms with van der Waals surface area (Å²) in [6.45, 7) is 1.86. The minimum absolute atomic E-state index is 0.150. The summed E-state index contributed by atoms with van der Waals surface area (Å²) in [7, 11) is 0. The van der Waals surface area contributed by atoms with Crippen molar-refractivity contribution in [2.45, 2.75) is 6.92 Å². The molecular formula is C10H7N3O. The minimum Gasteiger partial charge on any atom is -0.460 e. The van der Waals surface area contributed by atoms with Crippen molar-refractivity contribution in [2.24, 2.45) is 0 Å². The molecule has 0 saturated heterocycles. The number of furan rings is 1. The molecule has 0 aliphatic carbocycles. The summed E-state index contributed by atoms with van der Waals surface area (Å²) >= 11 is 0. The molecular weight excluding hydrogens is 178 g/mol. The summed E-state index contributed by atoms with van der Waals surface area (Å²) in [4.78, 5) is 7.79. The predicted molar refractivity (Wildman–Crippen MR) is 49.2 cm³/mol. The van der Waals surface area contributed by atoms with Gasteiger partial charge in [0, 0.05) is 6.20 Å². The first-order chi connectivity index (χ1) is 6.79. The number of hydrogen-bond donors (Lipinski definition) is 0. The first-order valence-corrected chi connectivity index (χ1v) is 4.09. The Morgan fingerprint density at radius 2 is 2.21 bits per heavy atom. The molecule has 4 nitrogen and oxygen atoms in total. The van der Waals surface area contributed by atoms with Crippen LogP contribution in [0.25, 0.3) is 11.5 Å². The fourth-order valence-electron chi connectivity index (χ4n) is 1.12. The van der Waals surface area contributed by atoms with Crippen LogP contribution in [0.3, 0.4) is 0 Å². The number of rotatable bonds is 1. The van der Waals surface area contributed by atoms with Crippen LogP contribution in [0.15, 0.2) is 28.8 Å². The van der Waals surface area contributed by atoms with Gasteiger partial charge in [0.2, 0.25) is 5.82 Å². The van der Waals surface area contributed by atoms with E-state index >= 15 is 0 Å². The molecule has 0 saturated carbocycles. The average molecular weight is 185 g/mol. The second-order valence-electron chi connectivity index (χ2n) is 2.79. The molecule has 0 aliphatic rings. The van der Waals surface area contributed by atoms with Gasteiger partial charge in [0.15, 0.2) is 5.76 Å². The van der Waals surface area contributed by atoms with Crippen LogP contribution in [0.5, 0.6) is 0 Å². The molecule has 0 N–H and O–H groups in total. The first-order valence-electron chi connectivity index (χ1n) is 4.09. The van der Waals surface area contributed by atoms with Gasteiger partial charge in [-0.15, -0.1) is 0 Å². The molecule has 14 heavy (non-hydrogen) atoms. The zero-order chi connectivity index (χ0) is 9.97. The van der Waals surface area contributed by atoms with Crippen LogP contribution in [-0.4, -0.2) is 9.97 Å². The molecule has 0 unspecified atom stereocenters. The Morgan fingerprint density at radius 1 is 1.36 bits per heavy atom. The quantitative estimate of drug-likeness (QED) is 0.680. The average Bonchev–Trinajstić information content (AvgIpc) is 2.65. The summed E-state index contributed by atoms with van der Waals surface area (Å²) in [6.07, 6.45) is 1.54. The Morgan fingerprint density at radius 3 is 2.86 bits per heavy atom. The summed E-state index contributed by atoms with van der Waals surface area (Å²) < 4.78 is 5.37. The maximum absolute atomic E-state index is 8.61. The molecule has 0 spiro atoms. The van der Waals surface area contributed by atoms with E-state index in [0.29, 0.717) is 11.5 Å². The molecule has 2 aromatic heterocycles. The minimum atomic E-state index is 0.150. The van der Waals surface area contributed by atoms with Crippen molar-refractivity contribution in [3.63, 3.8) is 0 Å². The highest BCUT2D eigenvalue weighted by atomic mass is 16.3. The zero-order valence-corrected chi connectivity index (χ0v) is 7.56. The Balaban J connectivity index is 2.47. The van der Waals surface area contributed by atoms with E-state index in [-0.39, 0.29) is 5.82 Å². The maximum atomic E-state index is 8.61. The summed E-state index contributed by atoms with van der Waals surface area (Å²) in [6, 6.07) is 7.26. The van der Waals surface area contributed by atoms with Gasteiger partial charge in [0.1, 0.15) is 17.5 Å². The van der Waals surface area contributed by atoms with E-state index in [1.54, 1.807) is 12.3 Å². The van der Waals surface area contributed by atoms with Gasteiger partial charge in [-0.2, -0.15) is 5.26 Å². The van der Waals surface area contributed by atoms with Gasteiger partial charge in [0.05, 0.1) is 0 Å². The lowest BCUT2D eigenvalue weighted by Crippen LogP contribution is -1.89. The van der Waals surface area contributed by atoms with Crippen LogP contribution < -0.4 is 0 Å². The van der Waals surface area contributed by atoms with Crippen molar-refractivity contribution >= 4 is 0 Å². The van der Waals surface area contributed by atoms with Crippen LogP contribution in [0.2, 0.25) is 0 Å². The summed E-state index contributed by atoms with van der Waals surface area (Å²) in [5.41, 5.74) is 0.629. The highest BCUT2D eigenvalue weighted by Gasteiger charge is 2.04. The largest absolute Gasteiger partial charge is 0.460 e. The van der Waals surface area contributed by atoms with Gasteiger partial charge in [-0.05, 0) is 25.1 Å². The summed E-state index contributed by atoms with van der Waals surface area (Å²) in [5.74, 6) is 1.62. The molecule has 0 radical (unpaired) electrons. The van der Waals surface area contributed by atoms with Crippen LogP contribution in [-0.2, 0) is 0 Å². The molecule has 2 heterocycles. The summed E-state index contributed by atoms with van der Waals surface area (Å²) in [5, 5.41) is 8.61. The third-order valence-corrected chi connectivity index (χ3v) is 1.75. The third kappa shape index (κ3) is 1.48. The fraction of sp³-hybridized carbons (Fsp3) is 0.100. The highest BCUT2D eigenvalue weighted by molar-refractivity contribution is 5.52. The van der Waals surface area contributed by atoms with E-state index in [4.69, 9.17) is 9.68 Å². The molecule has 0 bridgehead atoms. The van der Waals surface area contributed by atoms with E-state index in [2.05, 4.69) is 9.97 Å². The second-order valence-corrected chi connectivity index (χ2v) is 2.79. The van der Waals surface area contributed by atoms with Crippen molar-refractivity contribution in [1.82, 2.24) is 9.97 Å². The van der Waals surface area contributed by atoms with Crippen molar-refractivity contribution in [2.75, 3.05) is 0 Å². The number of hydrogen-bond acceptors (Lipinski definition) is 4. The Kier molecular flexibility index (Phi) is 1.99. The van der Waals surface area contributed by atoms with Gasteiger partial charge < -0.3 is 4.42 Å². The SMILES string of the molecule is Cc1ccc(-c2ccnc(C#N)n2)o1. The monoisotopic (exact) mass is 185 g/mol. The Hall–Kier alpha value is -2.15. The number of nitriles is 1. The van der Waals surface area contributed by atoms with Gasteiger partial charge in [0.25, 0.3) is 0 Å². The number of aryl methyl sites for hydroxylation is 1. The highest BCUT2D eigenvalue weighted by Crippen LogP contribution is 2.18. The number of nitrogens with zero attached hydrogens (tertiary/aromatic N) is 3. The normalized spacial score (nSPS) is 9.71. The molecule has 0 aromatic carbocycles. The molecule has 2 aromatic rings. The third-order valence-electron chi connectivity index (χ3n) is 1.75. The van der Waals surface area contributed by atoms with Crippen molar-refractivity contribution in [1.29, 1.82) is 5.26 Å².